The third-order valence-corrected chi connectivity index (χ3v) is 8.78. The van der Waals surface area contributed by atoms with Crippen molar-refractivity contribution in [2.75, 3.05) is 0 Å². The molecule has 0 radical (unpaired) electrons. The highest BCUT2D eigenvalue weighted by Crippen LogP contribution is 2.48. The molecule has 0 nitrogen and oxygen atoms in total. The third-order valence-electron chi connectivity index (χ3n) is 1.75. The lowest BCUT2D eigenvalue weighted by molar-refractivity contribution is 0.538. The second kappa shape index (κ2) is 3.75. The third kappa shape index (κ3) is 1.99. The number of rotatable bonds is 0. The molecule has 2 unspecified atom stereocenters. The minimum atomic E-state index is 0.0538. The van der Waals surface area contributed by atoms with E-state index in [1.807, 2.05) is 0 Å². The molecular weight excluding hydrogens is 392 g/mol. The summed E-state index contributed by atoms with van der Waals surface area (Å²) in [5, 5.41) is 0. The molecule has 0 aromatic heterocycles. The summed E-state index contributed by atoms with van der Waals surface area (Å²) >= 11 is 14.5. The molecule has 0 aliphatic heterocycles. The molecule has 0 spiro atoms. The molecule has 0 aromatic carbocycles. The van der Waals surface area contributed by atoms with E-state index in [1.165, 1.54) is 19.3 Å². The maximum Gasteiger partial charge on any atom is 0.105 e. The van der Waals surface area contributed by atoms with E-state index in [2.05, 4.69) is 63.7 Å². The zero-order valence-electron chi connectivity index (χ0n) is 5.29. The van der Waals surface area contributed by atoms with E-state index in [1.54, 1.807) is 0 Å². The summed E-state index contributed by atoms with van der Waals surface area (Å²) in [4.78, 5) is 1.05. The van der Waals surface area contributed by atoms with Crippen molar-refractivity contribution < 1.29 is 0 Å². The molecule has 1 rings (SSSR count). The Morgan fingerprint density at radius 3 is 1.70 bits per heavy atom. The van der Waals surface area contributed by atoms with Crippen molar-refractivity contribution in [3.05, 3.63) is 0 Å². The van der Waals surface area contributed by atoms with Crippen LogP contribution in [-0.4, -0.2) is 12.9 Å². The van der Waals surface area contributed by atoms with Gasteiger partial charge in [-0.1, -0.05) is 70.1 Å². The molecule has 4 heteroatoms. The molecule has 60 valence electrons. The molecule has 0 bridgehead atoms. The van der Waals surface area contributed by atoms with E-state index in [0.717, 1.165) is 0 Å². The van der Waals surface area contributed by atoms with Crippen molar-refractivity contribution >= 4 is 63.7 Å². The van der Waals surface area contributed by atoms with E-state index in [4.69, 9.17) is 0 Å². The maximum atomic E-state index is 3.65. The molecule has 2 atom stereocenters. The van der Waals surface area contributed by atoms with Crippen LogP contribution in [0.4, 0.5) is 0 Å². The molecule has 0 saturated heterocycles. The van der Waals surface area contributed by atoms with Crippen LogP contribution in [0, 0.1) is 0 Å². The van der Waals surface area contributed by atoms with E-state index in [-0.39, 0.29) is 3.23 Å². The summed E-state index contributed by atoms with van der Waals surface area (Å²) in [6.45, 7) is 0. The average molecular weight is 400 g/mol. The van der Waals surface area contributed by atoms with Gasteiger partial charge in [-0.3, -0.25) is 0 Å². The predicted octanol–water partition coefficient (Wildman–Crippen LogP) is 4.18. The van der Waals surface area contributed by atoms with Crippen molar-refractivity contribution in [2.24, 2.45) is 0 Å². The second-order valence-electron chi connectivity index (χ2n) is 2.54. The van der Waals surface area contributed by atoms with Crippen LogP contribution in [0.25, 0.3) is 0 Å². The minimum Gasteiger partial charge on any atom is -0.0866 e. The molecule has 1 fully saturated rings. The predicted molar refractivity (Wildman–Crippen MR) is 59.9 cm³/mol. The average Bonchev–Trinajstić information content (AvgIpc) is 1.84. The van der Waals surface area contributed by atoms with Gasteiger partial charge in [-0.25, -0.2) is 0 Å². The van der Waals surface area contributed by atoms with Gasteiger partial charge in [0.15, 0.2) is 0 Å². The molecule has 0 N–H and O–H groups in total. The first-order chi connectivity index (χ1) is 4.55. The smallest absolute Gasteiger partial charge is 0.0866 e. The molecular formula is C6H8Br4. The van der Waals surface area contributed by atoms with Crippen LogP contribution in [0.1, 0.15) is 19.3 Å². The van der Waals surface area contributed by atoms with Gasteiger partial charge in [0.05, 0.1) is 0 Å². The first kappa shape index (κ1) is 10.0. The van der Waals surface area contributed by atoms with E-state index in [0.29, 0.717) is 9.65 Å². The lowest BCUT2D eigenvalue weighted by Gasteiger charge is -2.35. The van der Waals surface area contributed by atoms with Gasteiger partial charge in [0.25, 0.3) is 0 Å². The maximum absolute atomic E-state index is 3.65. The normalized spacial score (nSPS) is 39.6. The molecule has 0 heterocycles. The van der Waals surface area contributed by atoms with Gasteiger partial charge in [0, 0.05) is 9.65 Å². The fourth-order valence-corrected chi connectivity index (χ4v) is 3.61. The van der Waals surface area contributed by atoms with Crippen molar-refractivity contribution in [1.82, 2.24) is 0 Å². The Labute approximate surface area is 95.0 Å². The zero-order chi connectivity index (χ0) is 7.78. The van der Waals surface area contributed by atoms with Crippen LogP contribution < -0.4 is 0 Å². The number of alkyl halides is 4. The molecule has 1 saturated carbocycles. The SMILES string of the molecule is BrC1CCCC(Br)C1(Br)Br. The Kier molecular flexibility index (Phi) is 3.76. The molecule has 10 heavy (non-hydrogen) atoms. The van der Waals surface area contributed by atoms with E-state index < -0.39 is 0 Å². The molecule has 1 aliphatic carbocycles. The Morgan fingerprint density at radius 2 is 1.40 bits per heavy atom. The standard InChI is InChI=1S/C6H8Br4/c7-4-2-1-3-5(8)6(4,9)10/h4-5H,1-3H2. The van der Waals surface area contributed by atoms with Crippen LogP contribution in [0.2, 0.25) is 0 Å². The highest BCUT2D eigenvalue weighted by molar-refractivity contribution is 9.27. The molecule has 1 aliphatic rings. The van der Waals surface area contributed by atoms with Crippen molar-refractivity contribution in [1.29, 1.82) is 0 Å². The summed E-state index contributed by atoms with van der Waals surface area (Å²) < 4.78 is 0.0538. The fraction of sp³-hybridized carbons (Fsp3) is 1.00. The fourth-order valence-electron chi connectivity index (χ4n) is 1.06. The van der Waals surface area contributed by atoms with Gasteiger partial charge < -0.3 is 0 Å². The summed E-state index contributed by atoms with van der Waals surface area (Å²) in [5.41, 5.74) is 0. The number of hydrogen-bond donors (Lipinski definition) is 0. The quantitative estimate of drug-likeness (QED) is 0.536. The van der Waals surface area contributed by atoms with Gasteiger partial charge >= 0.3 is 0 Å². The van der Waals surface area contributed by atoms with Crippen LogP contribution in [0.3, 0.4) is 0 Å². The number of hydrogen-bond acceptors (Lipinski definition) is 0. The summed E-state index contributed by atoms with van der Waals surface area (Å²) in [5.74, 6) is 0. The molecule has 0 aromatic rings. The van der Waals surface area contributed by atoms with Crippen LogP contribution >= 0.6 is 63.7 Å². The van der Waals surface area contributed by atoms with Crippen LogP contribution in [0.5, 0.6) is 0 Å². The van der Waals surface area contributed by atoms with Gasteiger partial charge in [0.1, 0.15) is 3.23 Å². The lowest BCUT2D eigenvalue weighted by atomic mass is 10.0. The Bertz CT molecular complexity index is 111. The Morgan fingerprint density at radius 1 is 1.00 bits per heavy atom. The van der Waals surface area contributed by atoms with E-state index in [9.17, 15) is 0 Å². The first-order valence-electron chi connectivity index (χ1n) is 3.21. The van der Waals surface area contributed by atoms with Crippen molar-refractivity contribution in [3.63, 3.8) is 0 Å². The lowest BCUT2D eigenvalue weighted by Crippen LogP contribution is -2.38. The summed E-state index contributed by atoms with van der Waals surface area (Å²) in [6.07, 6.45) is 3.77. The van der Waals surface area contributed by atoms with Crippen LogP contribution in [-0.2, 0) is 0 Å². The van der Waals surface area contributed by atoms with Gasteiger partial charge in [-0.15, -0.1) is 0 Å². The Hall–Kier alpha value is 1.92. The zero-order valence-corrected chi connectivity index (χ0v) is 11.6. The molecule has 0 amide bonds. The first-order valence-corrected chi connectivity index (χ1v) is 6.63. The van der Waals surface area contributed by atoms with Gasteiger partial charge in [0.2, 0.25) is 0 Å². The van der Waals surface area contributed by atoms with Crippen molar-refractivity contribution in [3.8, 4) is 0 Å². The summed E-state index contributed by atoms with van der Waals surface area (Å²) in [6, 6.07) is 0. The summed E-state index contributed by atoms with van der Waals surface area (Å²) in [7, 11) is 0. The largest absolute Gasteiger partial charge is 0.105 e. The van der Waals surface area contributed by atoms with Gasteiger partial charge in [-0.2, -0.15) is 0 Å². The van der Waals surface area contributed by atoms with E-state index >= 15 is 0 Å². The number of halogens is 4. The highest BCUT2D eigenvalue weighted by atomic mass is 79.9. The topological polar surface area (TPSA) is 0 Å². The van der Waals surface area contributed by atoms with Crippen LogP contribution in [0.15, 0.2) is 0 Å². The highest BCUT2D eigenvalue weighted by Gasteiger charge is 2.41. The minimum absolute atomic E-state index is 0.0538. The monoisotopic (exact) mass is 396 g/mol. The van der Waals surface area contributed by atoms with Gasteiger partial charge in [-0.05, 0) is 12.8 Å². The second-order valence-corrected chi connectivity index (χ2v) is 8.44. The van der Waals surface area contributed by atoms with Crippen molar-refractivity contribution in [2.45, 2.75) is 32.2 Å². The Balaban J connectivity index is 2.63.